The monoisotopic (exact) mass is 599 g/mol. The van der Waals surface area contributed by atoms with E-state index in [0.717, 1.165) is 37.7 Å². The molecule has 2 saturated carbocycles. The first kappa shape index (κ1) is 31.7. The Morgan fingerprint density at radius 3 is 2.45 bits per heavy atom. The third-order valence-electron chi connectivity index (χ3n) is 8.18. The van der Waals surface area contributed by atoms with Gasteiger partial charge in [-0.25, -0.2) is 4.39 Å². The average Bonchev–Trinajstić information content (AvgIpc) is 3.66. The number of aromatic nitrogens is 1. The van der Waals surface area contributed by atoms with Gasteiger partial charge in [-0.15, -0.1) is 0 Å². The maximum Gasteiger partial charge on any atom is 0.303 e. The molecule has 0 aliphatic heterocycles. The molecule has 2 aliphatic rings. The second-order valence-corrected chi connectivity index (χ2v) is 13.2. The SMILES string of the molecule is COc1ccc(F)c(-c2onc(COc3cccc([C@@H](CC(=O)O)C4CC4)c3)c2OC2CC(C)(C)CC(C)(C)C2)c1.S. The maximum absolute atomic E-state index is 15.1. The van der Waals surface area contributed by atoms with Gasteiger partial charge in [-0.3, -0.25) is 4.79 Å². The highest BCUT2D eigenvalue weighted by Crippen LogP contribution is 2.48. The Morgan fingerprint density at radius 2 is 1.81 bits per heavy atom. The highest BCUT2D eigenvalue weighted by Gasteiger charge is 2.40. The lowest BCUT2D eigenvalue weighted by Gasteiger charge is -2.44. The summed E-state index contributed by atoms with van der Waals surface area (Å²) in [5.41, 5.74) is 1.75. The van der Waals surface area contributed by atoms with Crippen molar-refractivity contribution in [2.75, 3.05) is 7.11 Å². The fraction of sp³-hybridized carbons (Fsp3) is 0.515. The predicted molar refractivity (Wildman–Crippen MR) is 163 cm³/mol. The lowest BCUT2D eigenvalue weighted by molar-refractivity contribution is -0.137. The van der Waals surface area contributed by atoms with Gasteiger partial charge in [0.2, 0.25) is 5.76 Å². The molecule has 0 bridgehead atoms. The number of carboxylic acids is 1. The number of hydrogen-bond donors (Lipinski definition) is 1. The standard InChI is InChI=1S/C33H40FNO6.H2S/c1-32(2)16-24(17-33(3,4)19-32)40-31-28(35-41-30(31)26-14-22(38-5)11-12-27(26)34)18-39-23-8-6-7-21(13-23)25(15-29(36)37)20-9-10-20;/h6-8,11-14,20,24-25H,9-10,15-19H2,1-5H3,(H,36,37);1H2/t25-;/m0./s1. The molecule has 42 heavy (non-hydrogen) atoms. The summed E-state index contributed by atoms with van der Waals surface area (Å²) < 4.78 is 38.9. The molecular weight excluding hydrogens is 557 g/mol. The summed E-state index contributed by atoms with van der Waals surface area (Å²) >= 11 is 0. The predicted octanol–water partition coefficient (Wildman–Crippen LogP) is 8.13. The van der Waals surface area contributed by atoms with Crippen molar-refractivity contribution < 1.29 is 33.0 Å². The highest BCUT2D eigenvalue weighted by molar-refractivity contribution is 7.59. The molecule has 0 radical (unpaired) electrons. The number of methoxy groups -OCH3 is 1. The summed E-state index contributed by atoms with van der Waals surface area (Å²) in [4.78, 5) is 11.5. The summed E-state index contributed by atoms with van der Waals surface area (Å²) in [6, 6.07) is 12.0. The molecule has 1 heterocycles. The quantitative estimate of drug-likeness (QED) is 0.238. The second kappa shape index (κ2) is 12.6. The Labute approximate surface area is 254 Å². The van der Waals surface area contributed by atoms with Crippen LogP contribution in [0.2, 0.25) is 0 Å². The van der Waals surface area contributed by atoms with Crippen LogP contribution in [0.1, 0.15) is 83.4 Å². The van der Waals surface area contributed by atoms with Crippen molar-refractivity contribution in [1.29, 1.82) is 0 Å². The van der Waals surface area contributed by atoms with Gasteiger partial charge in [-0.05, 0) is 90.7 Å². The largest absolute Gasteiger partial charge is 0.497 e. The van der Waals surface area contributed by atoms with Crippen molar-refractivity contribution in [3.63, 3.8) is 0 Å². The number of halogens is 1. The van der Waals surface area contributed by atoms with Crippen LogP contribution in [0.4, 0.5) is 4.39 Å². The van der Waals surface area contributed by atoms with Crippen molar-refractivity contribution in [3.05, 3.63) is 59.5 Å². The summed E-state index contributed by atoms with van der Waals surface area (Å²) in [7, 11) is 1.53. The smallest absolute Gasteiger partial charge is 0.303 e. The molecule has 1 atom stereocenters. The molecule has 0 unspecified atom stereocenters. The molecule has 7 nitrogen and oxygen atoms in total. The van der Waals surface area contributed by atoms with Gasteiger partial charge in [0.15, 0.2) is 11.4 Å². The van der Waals surface area contributed by atoms with Crippen LogP contribution >= 0.6 is 13.5 Å². The van der Waals surface area contributed by atoms with Crippen LogP contribution in [-0.2, 0) is 11.4 Å². The van der Waals surface area contributed by atoms with Crippen molar-refractivity contribution >= 4 is 19.5 Å². The lowest BCUT2D eigenvalue weighted by Crippen LogP contribution is -2.39. The lowest BCUT2D eigenvalue weighted by atomic mass is 9.64. The van der Waals surface area contributed by atoms with Crippen molar-refractivity contribution in [3.8, 4) is 28.6 Å². The molecule has 2 aromatic carbocycles. The molecule has 1 aromatic heterocycles. The third-order valence-corrected chi connectivity index (χ3v) is 8.18. The number of rotatable bonds is 11. The van der Waals surface area contributed by atoms with E-state index in [4.69, 9.17) is 18.7 Å². The van der Waals surface area contributed by atoms with E-state index in [9.17, 15) is 9.90 Å². The van der Waals surface area contributed by atoms with Gasteiger partial charge in [0.05, 0.1) is 19.1 Å². The Bertz CT molecular complexity index is 1380. The van der Waals surface area contributed by atoms with Gasteiger partial charge >= 0.3 is 5.97 Å². The molecule has 0 spiro atoms. The van der Waals surface area contributed by atoms with Gasteiger partial charge in [-0.2, -0.15) is 13.5 Å². The number of ether oxygens (including phenoxy) is 3. The van der Waals surface area contributed by atoms with E-state index in [-0.39, 0.29) is 60.7 Å². The van der Waals surface area contributed by atoms with Gasteiger partial charge in [0.1, 0.15) is 30.0 Å². The Morgan fingerprint density at radius 1 is 1.10 bits per heavy atom. The molecule has 228 valence electrons. The van der Waals surface area contributed by atoms with Crippen LogP contribution < -0.4 is 14.2 Å². The van der Waals surface area contributed by atoms with Gasteiger partial charge in [0.25, 0.3) is 0 Å². The Kier molecular flexibility index (Phi) is 9.50. The van der Waals surface area contributed by atoms with Crippen LogP contribution in [0.15, 0.2) is 47.0 Å². The average molecular weight is 600 g/mol. The minimum Gasteiger partial charge on any atom is -0.497 e. The summed E-state index contributed by atoms with van der Waals surface area (Å²) in [5, 5.41) is 13.7. The first-order chi connectivity index (χ1) is 19.4. The van der Waals surface area contributed by atoms with Crippen LogP contribution in [0.5, 0.6) is 17.2 Å². The van der Waals surface area contributed by atoms with Crippen molar-refractivity contribution in [2.24, 2.45) is 16.7 Å². The minimum atomic E-state index is -0.802. The van der Waals surface area contributed by atoms with Crippen molar-refractivity contribution in [2.45, 2.75) is 84.8 Å². The van der Waals surface area contributed by atoms with Crippen molar-refractivity contribution in [1.82, 2.24) is 5.16 Å². The fourth-order valence-corrected chi connectivity index (χ4v) is 6.73. The number of nitrogens with zero attached hydrogens (tertiary/aromatic N) is 1. The number of carboxylic acid groups (broad SMARTS) is 1. The zero-order chi connectivity index (χ0) is 29.4. The van der Waals surface area contributed by atoms with Gasteiger partial charge < -0.3 is 23.8 Å². The van der Waals surface area contributed by atoms with Crippen LogP contribution in [-0.4, -0.2) is 29.4 Å². The first-order valence-electron chi connectivity index (χ1n) is 14.4. The zero-order valence-corrected chi connectivity index (χ0v) is 26.0. The molecule has 2 aliphatic carbocycles. The number of benzene rings is 2. The van der Waals surface area contributed by atoms with Crippen LogP contribution in [0, 0.1) is 22.6 Å². The third kappa shape index (κ3) is 7.60. The topological polar surface area (TPSA) is 91.0 Å². The van der Waals surface area contributed by atoms with Crippen LogP contribution in [0.3, 0.4) is 0 Å². The molecule has 0 amide bonds. The Hall–Kier alpha value is -3.20. The summed E-state index contributed by atoms with van der Waals surface area (Å²) in [6.45, 7) is 9.03. The highest BCUT2D eigenvalue weighted by atomic mass is 32.1. The summed E-state index contributed by atoms with van der Waals surface area (Å²) in [6.07, 6.45) is 4.84. The molecule has 3 aromatic rings. The first-order valence-corrected chi connectivity index (χ1v) is 14.4. The number of carbonyl (C=O) groups is 1. The van der Waals surface area contributed by atoms with Crippen LogP contribution in [0.25, 0.3) is 11.3 Å². The maximum atomic E-state index is 15.1. The molecule has 9 heteroatoms. The number of hydrogen-bond acceptors (Lipinski definition) is 6. The van der Waals surface area contributed by atoms with Gasteiger partial charge in [-0.1, -0.05) is 45.0 Å². The second-order valence-electron chi connectivity index (χ2n) is 13.2. The van der Waals surface area contributed by atoms with Gasteiger partial charge in [0, 0.05) is 0 Å². The fourth-order valence-electron chi connectivity index (χ4n) is 6.73. The van der Waals surface area contributed by atoms with E-state index in [2.05, 4.69) is 32.9 Å². The molecule has 0 saturated heterocycles. The van der Waals surface area contributed by atoms with E-state index >= 15 is 4.39 Å². The molecule has 1 N–H and O–H groups in total. The molecule has 5 rings (SSSR count). The molecule has 2 fully saturated rings. The van der Waals surface area contributed by atoms with E-state index in [1.807, 2.05) is 24.3 Å². The van der Waals surface area contributed by atoms with E-state index in [0.29, 0.717) is 28.9 Å². The normalized spacial score (nSPS) is 18.5. The van der Waals surface area contributed by atoms with E-state index < -0.39 is 11.8 Å². The zero-order valence-electron chi connectivity index (χ0n) is 25.0. The minimum absolute atomic E-state index is 0. The molecular formula is C33H42FNO6S. The van der Waals surface area contributed by atoms with E-state index in [1.165, 1.54) is 13.2 Å². The summed E-state index contributed by atoms with van der Waals surface area (Å²) in [5.74, 6) is 0.735. The Balaban J connectivity index is 0.00000405. The number of aliphatic carboxylic acids is 1. The van der Waals surface area contributed by atoms with E-state index in [1.54, 1.807) is 12.1 Å².